The van der Waals surface area contributed by atoms with Crippen molar-refractivity contribution in [3.05, 3.63) is 29.3 Å². The smallest absolute Gasteiger partial charge is 0.258 e. The summed E-state index contributed by atoms with van der Waals surface area (Å²) in [7, 11) is 0. The summed E-state index contributed by atoms with van der Waals surface area (Å²) in [6, 6.07) is 5.95. The number of amides is 1. The highest BCUT2D eigenvalue weighted by molar-refractivity contribution is 5.79. The van der Waals surface area contributed by atoms with Crippen molar-refractivity contribution in [1.82, 2.24) is 0 Å². The molecule has 1 unspecified atom stereocenters. The molecule has 0 bridgehead atoms. The summed E-state index contributed by atoms with van der Waals surface area (Å²) in [5, 5.41) is 0. The van der Waals surface area contributed by atoms with Gasteiger partial charge < -0.3 is 16.2 Å². The van der Waals surface area contributed by atoms with E-state index in [0.717, 1.165) is 24.8 Å². The molecule has 0 spiro atoms. The van der Waals surface area contributed by atoms with Crippen LogP contribution < -0.4 is 16.2 Å². The fourth-order valence-electron chi connectivity index (χ4n) is 2.39. The second-order valence-electron chi connectivity index (χ2n) is 4.78. The van der Waals surface area contributed by atoms with Gasteiger partial charge in [0, 0.05) is 6.04 Å². The average Bonchev–Trinajstić information content (AvgIpc) is 2.36. The molecule has 98 valence electrons. The second-order valence-corrected chi connectivity index (χ2v) is 4.78. The Hall–Kier alpha value is -1.55. The van der Waals surface area contributed by atoms with Gasteiger partial charge >= 0.3 is 0 Å². The average molecular weight is 248 g/mol. The Morgan fingerprint density at radius 1 is 1.56 bits per heavy atom. The predicted molar refractivity (Wildman–Crippen MR) is 70.2 cm³/mol. The molecule has 4 N–H and O–H groups in total. The lowest BCUT2D eigenvalue weighted by Crippen LogP contribution is -2.33. The number of rotatable bonds is 4. The number of fused-ring (bicyclic) bond motifs is 1. The number of nitrogens with two attached hydrogens (primary N) is 2. The van der Waals surface area contributed by atoms with Crippen LogP contribution >= 0.6 is 0 Å². The zero-order chi connectivity index (χ0) is 13.1. The molecule has 1 aliphatic carbocycles. The molecule has 18 heavy (non-hydrogen) atoms. The highest BCUT2D eigenvalue weighted by atomic mass is 16.5. The van der Waals surface area contributed by atoms with Crippen LogP contribution in [0, 0.1) is 0 Å². The molecule has 0 saturated carbocycles. The van der Waals surface area contributed by atoms with Crippen LogP contribution in [-0.2, 0) is 11.2 Å². The van der Waals surface area contributed by atoms with Crippen molar-refractivity contribution in [1.29, 1.82) is 0 Å². The van der Waals surface area contributed by atoms with E-state index < -0.39 is 12.0 Å². The summed E-state index contributed by atoms with van der Waals surface area (Å²) < 4.78 is 5.61. The maximum Gasteiger partial charge on any atom is 0.258 e. The topological polar surface area (TPSA) is 78.3 Å². The van der Waals surface area contributed by atoms with Gasteiger partial charge in [0.15, 0.2) is 6.10 Å². The highest BCUT2D eigenvalue weighted by Gasteiger charge is 2.19. The van der Waals surface area contributed by atoms with Gasteiger partial charge in [0.25, 0.3) is 5.91 Å². The fraction of sp³-hybridized carbons (Fsp3) is 0.500. The predicted octanol–water partition coefficient (Wildman–Crippen LogP) is 1.67. The van der Waals surface area contributed by atoms with E-state index >= 15 is 0 Å². The highest BCUT2D eigenvalue weighted by Crippen LogP contribution is 2.31. The maximum absolute atomic E-state index is 11.2. The van der Waals surface area contributed by atoms with Crippen LogP contribution in [0.3, 0.4) is 0 Å². The molecule has 2 atom stereocenters. The number of hydrogen-bond acceptors (Lipinski definition) is 3. The standard InChI is InChI=1S/C14H20N2O2/c1-2-13(14(16)17)18-10-7-6-9-4-3-5-12(15)11(9)8-10/h6-8,12-13H,2-5,15H2,1H3,(H2,16,17)/t12-,13?/m1/s1. The largest absolute Gasteiger partial charge is 0.481 e. The van der Waals surface area contributed by atoms with Gasteiger partial charge in [-0.25, -0.2) is 0 Å². The van der Waals surface area contributed by atoms with Crippen molar-refractivity contribution >= 4 is 5.91 Å². The lowest BCUT2D eigenvalue weighted by Gasteiger charge is -2.23. The molecule has 0 aliphatic heterocycles. The summed E-state index contributed by atoms with van der Waals surface area (Å²) in [4.78, 5) is 11.2. The van der Waals surface area contributed by atoms with Gasteiger partial charge in [-0.3, -0.25) is 4.79 Å². The molecular formula is C14H20N2O2. The van der Waals surface area contributed by atoms with E-state index in [9.17, 15) is 4.79 Å². The molecule has 0 heterocycles. The molecule has 1 aromatic carbocycles. The molecule has 4 heteroatoms. The monoisotopic (exact) mass is 248 g/mol. The Kier molecular flexibility index (Phi) is 3.87. The van der Waals surface area contributed by atoms with Crippen molar-refractivity contribution in [3.63, 3.8) is 0 Å². The summed E-state index contributed by atoms with van der Waals surface area (Å²) >= 11 is 0. The summed E-state index contributed by atoms with van der Waals surface area (Å²) in [6.45, 7) is 1.87. The maximum atomic E-state index is 11.2. The third-order valence-electron chi connectivity index (χ3n) is 3.44. The third kappa shape index (κ3) is 2.64. The minimum absolute atomic E-state index is 0.0750. The van der Waals surface area contributed by atoms with Crippen molar-refractivity contribution in [2.24, 2.45) is 11.5 Å². The first-order chi connectivity index (χ1) is 8.61. The number of benzene rings is 1. The summed E-state index contributed by atoms with van der Waals surface area (Å²) in [6.07, 6.45) is 3.20. The van der Waals surface area contributed by atoms with E-state index in [1.807, 2.05) is 25.1 Å². The molecule has 2 rings (SSSR count). The Balaban J connectivity index is 2.20. The molecule has 0 saturated heterocycles. The molecule has 1 aromatic rings. The van der Waals surface area contributed by atoms with Gasteiger partial charge in [-0.1, -0.05) is 13.0 Å². The minimum Gasteiger partial charge on any atom is -0.481 e. The summed E-state index contributed by atoms with van der Waals surface area (Å²) in [5.74, 6) is 0.247. The van der Waals surface area contributed by atoms with Gasteiger partial charge in [-0.05, 0) is 48.9 Å². The molecule has 1 aliphatic rings. The van der Waals surface area contributed by atoms with Crippen LogP contribution in [-0.4, -0.2) is 12.0 Å². The van der Waals surface area contributed by atoms with Gasteiger partial charge in [0.2, 0.25) is 0 Å². The quantitative estimate of drug-likeness (QED) is 0.850. The van der Waals surface area contributed by atoms with E-state index in [4.69, 9.17) is 16.2 Å². The van der Waals surface area contributed by atoms with E-state index in [-0.39, 0.29) is 6.04 Å². The number of ether oxygens (including phenoxy) is 1. The first-order valence-corrected chi connectivity index (χ1v) is 6.46. The molecule has 0 aromatic heterocycles. The van der Waals surface area contributed by atoms with E-state index in [0.29, 0.717) is 12.2 Å². The molecule has 1 amide bonds. The number of aryl methyl sites for hydroxylation is 1. The van der Waals surface area contributed by atoms with E-state index in [1.54, 1.807) is 0 Å². The van der Waals surface area contributed by atoms with Gasteiger partial charge in [-0.2, -0.15) is 0 Å². The Morgan fingerprint density at radius 2 is 2.33 bits per heavy atom. The van der Waals surface area contributed by atoms with Gasteiger partial charge in [0.05, 0.1) is 0 Å². The molecule has 0 radical (unpaired) electrons. The third-order valence-corrected chi connectivity index (χ3v) is 3.44. The fourth-order valence-corrected chi connectivity index (χ4v) is 2.39. The Bertz CT molecular complexity index is 445. The molecular weight excluding hydrogens is 228 g/mol. The van der Waals surface area contributed by atoms with Crippen LogP contribution in [0.5, 0.6) is 5.75 Å². The SMILES string of the molecule is CCC(Oc1ccc2c(c1)[C@H](N)CCC2)C(N)=O. The first-order valence-electron chi connectivity index (χ1n) is 6.46. The van der Waals surface area contributed by atoms with Crippen LogP contribution in [0.2, 0.25) is 0 Å². The molecule has 4 nitrogen and oxygen atoms in total. The van der Waals surface area contributed by atoms with E-state index in [2.05, 4.69) is 0 Å². The minimum atomic E-state index is -0.567. The Labute approximate surface area is 107 Å². The first kappa shape index (κ1) is 12.9. The van der Waals surface area contributed by atoms with Crippen molar-refractivity contribution in [2.45, 2.75) is 44.8 Å². The summed E-state index contributed by atoms with van der Waals surface area (Å²) in [5.41, 5.74) is 13.8. The van der Waals surface area contributed by atoms with Crippen molar-refractivity contribution in [2.75, 3.05) is 0 Å². The normalized spacial score (nSPS) is 20.0. The zero-order valence-corrected chi connectivity index (χ0v) is 10.7. The molecule has 0 fully saturated rings. The lowest BCUT2D eigenvalue weighted by atomic mass is 9.88. The lowest BCUT2D eigenvalue weighted by molar-refractivity contribution is -0.124. The number of carbonyl (C=O) groups excluding carboxylic acids is 1. The van der Waals surface area contributed by atoms with E-state index in [1.165, 1.54) is 5.56 Å². The number of hydrogen-bond donors (Lipinski definition) is 2. The van der Waals surface area contributed by atoms with Crippen LogP contribution in [0.15, 0.2) is 18.2 Å². The van der Waals surface area contributed by atoms with Gasteiger partial charge in [-0.15, -0.1) is 0 Å². The van der Waals surface area contributed by atoms with Crippen molar-refractivity contribution in [3.8, 4) is 5.75 Å². The van der Waals surface area contributed by atoms with Crippen LogP contribution in [0.1, 0.15) is 43.4 Å². The second kappa shape index (κ2) is 5.40. The van der Waals surface area contributed by atoms with Crippen LogP contribution in [0.4, 0.5) is 0 Å². The Morgan fingerprint density at radius 3 is 3.00 bits per heavy atom. The zero-order valence-electron chi connectivity index (χ0n) is 10.7. The van der Waals surface area contributed by atoms with Crippen LogP contribution in [0.25, 0.3) is 0 Å². The number of primary amides is 1. The number of carbonyl (C=O) groups is 1. The van der Waals surface area contributed by atoms with Crippen molar-refractivity contribution < 1.29 is 9.53 Å². The van der Waals surface area contributed by atoms with Gasteiger partial charge in [0.1, 0.15) is 5.75 Å².